The molecule has 1 aliphatic rings. The lowest BCUT2D eigenvalue weighted by Gasteiger charge is -2.23. The van der Waals surface area contributed by atoms with E-state index in [0.29, 0.717) is 13.2 Å². The zero-order valence-corrected chi connectivity index (χ0v) is 11.3. The van der Waals surface area contributed by atoms with Crippen LogP contribution in [0.3, 0.4) is 0 Å². The van der Waals surface area contributed by atoms with Crippen LogP contribution in [0.1, 0.15) is 30.1 Å². The number of carbonyl (C=O) groups excluding carboxylic acids is 1. The number of hydrogen-bond acceptors (Lipinski definition) is 3. The number of carboxylic acids is 1. The maximum absolute atomic E-state index is 11.8. The van der Waals surface area contributed by atoms with Gasteiger partial charge in [0.05, 0.1) is 16.9 Å². The molecule has 2 rings (SSSR count). The van der Waals surface area contributed by atoms with Crippen LogP contribution in [0.15, 0.2) is 24.3 Å². The van der Waals surface area contributed by atoms with E-state index in [1.807, 2.05) is 6.92 Å². The molecule has 1 aromatic carbocycles. The van der Waals surface area contributed by atoms with Gasteiger partial charge in [0.25, 0.3) is 0 Å². The van der Waals surface area contributed by atoms with E-state index in [2.05, 4.69) is 10.6 Å². The van der Waals surface area contributed by atoms with Gasteiger partial charge in [0.1, 0.15) is 0 Å². The van der Waals surface area contributed by atoms with Crippen molar-refractivity contribution < 1.29 is 19.4 Å². The third-order valence-corrected chi connectivity index (χ3v) is 3.33. The number of amides is 2. The van der Waals surface area contributed by atoms with Crippen LogP contribution in [0.25, 0.3) is 0 Å². The van der Waals surface area contributed by atoms with Crippen LogP contribution >= 0.6 is 0 Å². The number of anilines is 1. The van der Waals surface area contributed by atoms with Crippen molar-refractivity contribution in [3.63, 3.8) is 0 Å². The summed E-state index contributed by atoms with van der Waals surface area (Å²) < 4.78 is 5.57. The number of carboxylic acid groups (broad SMARTS) is 1. The minimum Gasteiger partial charge on any atom is -0.478 e. The molecule has 6 nitrogen and oxygen atoms in total. The van der Waals surface area contributed by atoms with E-state index in [4.69, 9.17) is 9.84 Å². The van der Waals surface area contributed by atoms with Crippen LogP contribution in [-0.2, 0) is 4.74 Å². The number of ether oxygens (including phenoxy) is 1. The largest absolute Gasteiger partial charge is 0.478 e. The van der Waals surface area contributed by atoms with E-state index in [9.17, 15) is 9.59 Å². The normalized spacial score (nSPS) is 21.4. The van der Waals surface area contributed by atoms with E-state index in [-0.39, 0.29) is 16.9 Å². The van der Waals surface area contributed by atoms with Gasteiger partial charge in [-0.15, -0.1) is 0 Å². The van der Waals surface area contributed by atoms with Gasteiger partial charge in [-0.2, -0.15) is 0 Å². The van der Waals surface area contributed by atoms with Gasteiger partial charge in [0.2, 0.25) is 0 Å². The lowest BCUT2D eigenvalue weighted by molar-refractivity contribution is 0.0232. The molecular formula is C14H18N2O4. The number of aromatic carboxylic acids is 1. The molecule has 0 bridgehead atoms. The van der Waals surface area contributed by atoms with Crippen molar-refractivity contribution >= 4 is 17.7 Å². The van der Waals surface area contributed by atoms with Crippen LogP contribution in [0.2, 0.25) is 0 Å². The summed E-state index contributed by atoms with van der Waals surface area (Å²) in [7, 11) is 0. The zero-order chi connectivity index (χ0) is 14.6. The highest BCUT2D eigenvalue weighted by Crippen LogP contribution is 2.24. The molecule has 0 aromatic heterocycles. The molecule has 1 unspecified atom stereocenters. The van der Waals surface area contributed by atoms with Crippen molar-refractivity contribution in [2.24, 2.45) is 0 Å². The van der Waals surface area contributed by atoms with Gasteiger partial charge in [-0.1, -0.05) is 12.1 Å². The third-order valence-electron chi connectivity index (χ3n) is 3.33. The second-order valence-electron chi connectivity index (χ2n) is 5.06. The Hall–Kier alpha value is -2.08. The summed E-state index contributed by atoms with van der Waals surface area (Å²) in [6.07, 6.45) is 1.89. The lowest BCUT2D eigenvalue weighted by Crippen LogP contribution is -2.42. The Kier molecular flexibility index (Phi) is 4.24. The molecule has 3 N–H and O–H groups in total. The molecular weight excluding hydrogens is 260 g/mol. The predicted octanol–water partition coefficient (Wildman–Crippen LogP) is 2.08. The Balaban J connectivity index is 1.93. The first kappa shape index (κ1) is 14.3. The molecule has 108 valence electrons. The average Bonchev–Trinajstić information content (AvgIpc) is 2.84. The summed E-state index contributed by atoms with van der Waals surface area (Å²) in [6.45, 7) is 3.06. The Morgan fingerprint density at radius 2 is 2.15 bits per heavy atom. The maximum Gasteiger partial charge on any atom is 0.337 e. The summed E-state index contributed by atoms with van der Waals surface area (Å²) in [5, 5.41) is 14.3. The number of hydrogen-bond donors (Lipinski definition) is 3. The second kappa shape index (κ2) is 5.92. The Morgan fingerprint density at radius 3 is 2.80 bits per heavy atom. The highest BCUT2D eigenvalue weighted by atomic mass is 16.5. The first-order valence-electron chi connectivity index (χ1n) is 6.51. The average molecular weight is 278 g/mol. The van der Waals surface area contributed by atoms with Crippen LogP contribution in [0.5, 0.6) is 0 Å². The predicted molar refractivity (Wildman–Crippen MR) is 74.0 cm³/mol. The number of urea groups is 1. The lowest BCUT2D eigenvalue weighted by atomic mass is 10.0. The Labute approximate surface area is 117 Å². The Bertz CT molecular complexity index is 510. The van der Waals surface area contributed by atoms with Gasteiger partial charge in [-0.25, -0.2) is 9.59 Å². The van der Waals surface area contributed by atoms with Gasteiger partial charge in [-0.05, 0) is 31.9 Å². The quantitative estimate of drug-likeness (QED) is 0.786. The van der Waals surface area contributed by atoms with Crippen molar-refractivity contribution in [2.75, 3.05) is 18.5 Å². The van der Waals surface area contributed by atoms with Gasteiger partial charge in [0, 0.05) is 13.2 Å². The minimum atomic E-state index is -1.08. The molecule has 0 aliphatic carbocycles. The summed E-state index contributed by atoms with van der Waals surface area (Å²) in [4.78, 5) is 22.8. The highest BCUT2D eigenvalue weighted by Gasteiger charge is 2.30. The molecule has 1 saturated heterocycles. The molecule has 0 saturated carbocycles. The number of para-hydroxylation sites is 1. The first-order chi connectivity index (χ1) is 9.50. The molecule has 1 heterocycles. The molecule has 2 amide bonds. The van der Waals surface area contributed by atoms with E-state index >= 15 is 0 Å². The van der Waals surface area contributed by atoms with Crippen LogP contribution < -0.4 is 10.6 Å². The van der Waals surface area contributed by atoms with Crippen molar-refractivity contribution in [1.82, 2.24) is 5.32 Å². The molecule has 20 heavy (non-hydrogen) atoms. The molecule has 0 radical (unpaired) electrons. The first-order valence-corrected chi connectivity index (χ1v) is 6.51. The molecule has 1 atom stereocenters. The maximum atomic E-state index is 11.8. The van der Waals surface area contributed by atoms with E-state index in [0.717, 1.165) is 12.8 Å². The fraction of sp³-hybridized carbons (Fsp3) is 0.429. The smallest absolute Gasteiger partial charge is 0.337 e. The van der Waals surface area contributed by atoms with Crippen LogP contribution in [0.4, 0.5) is 10.5 Å². The third kappa shape index (κ3) is 3.48. The highest BCUT2D eigenvalue weighted by molar-refractivity contribution is 5.99. The van der Waals surface area contributed by atoms with Gasteiger partial charge >= 0.3 is 12.0 Å². The SMILES string of the molecule is CC1(CNC(=O)Nc2ccccc2C(=O)O)CCCO1. The molecule has 6 heteroatoms. The molecule has 1 fully saturated rings. The molecule has 1 aromatic rings. The standard InChI is InChI=1S/C14H18N2O4/c1-14(7-4-8-20-14)9-15-13(19)16-11-6-3-2-5-10(11)12(17)18/h2-3,5-6H,4,7-9H2,1H3,(H,17,18)(H2,15,16,19). The zero-order valence-electron chi connectivity index (χ0n) is 11.3. The Morgan fingerprint density at radius 1 is 1.40 bits per heavy atom. The molecule has 0 spiro atoms. The van der Waals surface area contributed by atoms with E-state index < -0.39 is 12.0 Å². The van der Waals surface area contributed by atoms with Crippen molar-refractivity contribution in [2.45, 2.75) is 25.4 Å². The summed E-state index contributed by atoms with van der Waals surface area (Å²) >= 11 is 0. The topological polar surface area (TPSA) is 87.7 Å². The van der Waals surface area contributed by atoms with Gasteiger partial charge < -0.3 is 20.5 Å². The number of nitrogens with one attached hydrogen (secondary N) is 2. The van der Waals surface area contributed by atoms with Crippen molar-refractivity contribution in [3.05, 3.63) is 29.8 Å². The second-order valence-corrected chi connectivity index (χ2v) is 5.06. The summed E-state index contributed by atoms with van der Waals surface area (Å²) in [5.74, 6) is -1.08. The van der Waals surface area contributed by atoms with Crippen LogP contribution in [-0.4, -0.2) is 35.9 Å². The number of rotatable bonds is 4. The summed E-state index contributed by atoms with van der Waals surface area (Å²) in [6, 6.07) is 5.84. The van der Waals surface area contributed by atoms with Crippen molar-refractivity contribution in [3.8, 4) is 0 Å². The molecule has 1 aliphatic heterocycles. The van der Waals surface area contributed by atoms with Crippen LogP contribution in [0, 0.1) is 0 Å². The minimum absolute atomic E-state index is 0.0611. The monoisotopic (exact) mass is 278 g/mol. The number of carbonyl (C=O) groups is 2. The van der Waals surface area contributed by atoms with Gasteiger partial charge in [-0.3, -0.25) is 0 Å². The fourth-order valence-electron chi connectivity index (χ4n) is 2.19. The summed E-state index contributed by atoms with van der Waals surface area (Å²) in [5.41, 5.74) is 0.00453. The van der Waals surface area contributed by atoms with Gasteiger partial charge in [0.15, 0.2) is 0 Å². The van der Waals surface area contributed by atoms with Crippen molar-refractivity contribution in [1.29, 1.82) is 0 Å². The van der Waals surface area contributed by atoms with E-state index in [1.54, 1.807) is 18.2 Å². The number of benzene rings is 1. The fourth-order valence-corrected chi connectivity index (χ4v) is 2.19. The van der Waals surface area contributed by atoms with E-state index in [1.165, 1.54) is 6.07 Å².